The van der Waals surface area contributed by atoms with Gasteiger partial charge in [0.2, 0.25) is 0 Å². The zero-order valence-electron chi connectivity index (χ0n) is 26.6. The van der Waals surface area contributed by atoms with Gasteiger partial charge >= 0.3 is 0 Å². The normalized spacial score (nSPS) is 13.2. The van der Waals surface area contributed by atoms with Crippen LogP contribution in [0.15, 0.2) is 133 Å². The van der Waals surface area contributed by atoms with Gasteiger partial charge in [-0.15, -0.1) is 0 Å². The predicted octanol–water partition coefficient (Wildman–Crippen LogP) is 7.19. The molecule has 238 valence electrons. The summed E-state index contributed by atoms with van der Waals surface area (Å²) in [6.45, 7) is 2.18. The Morgan fingerprint density at radius 2 is 1.02 bits per heavy atom. The molecule has 6 heteroatoms. The van der Waals surface area contributed by atoms with Gasteiger partial charge in [-0.05, 0) is 84.7 Å². The molecule has 2 N–H and O–H groups in total. The second kappa shape index (κ2) is 16.1. The molecule has 0 radical (unpaired) electrons. The molecule has 0 saturated heterocycles. The van der Waals surface area contributed by atoms with Crippen molar-refractivity contribution in [1.82, 2.24) is 4.90 Å². The molecule has 2 unspecified atom stereocenters. The molecule has 5 aromatic rings. The minimum Gasteiger partial charge on any atom is -0.492 e. The largest absolute Gasteiger partial charge is 0.492 e. The number of nitrogens with zero attached hydrogens (tertiary/aromatic N) is 1. The maximum absolute atomic E-state index is 12.8. The van der Waals surface area contributed by atoms with Crippen molar-refractivity contribution in [3.05, 3.63) is 161 Å². The van der Waals surface area contributed by atoms with E-state index in [0.29, 0.717) is 43.1 Å². The Morgan fingerprint density at radius 1 is 0.587 bits per heavy atom. The van der Waals surface area contributed by atoms with Gasteiger partial charge in [-0.3, -0.25) is 0 Å². The summed E-state index contributed by atoms with van der Waals surface area (Å²) in [5.41, 5.74) is 2.99. The number of aliphatic hydroxyl groups is 2. The third-order valence-corrected chi connectivity index (χ3v) is 8.10. The molecule has 0 spiro atoms. The SMILES string of the molecule is CN(C)CCOc1ccc(C(O)(c2ccc(OCc3ccccc3)cc2)C(CCO)c2ccc(OCc3ccccc3)cc2)cc1. The Balaban J connectivity index is 1.43. The Morgan fingerprint density at radius 3 is 1.46 bits per heavy atom. The highest BCUT2D eigenvalue weighted by atomic mass is 16.5. The zero-order valence-corrected chi connectivity index (χ0v) is 26.6. The number of aliphatic hydroxyl groups excluding tert-OH is 1. The summed E-state index contributed by atoms with van der Waals surface area (Å²) in [7, 11) is 4.02. The molecule has 5 aromatic carbocycles. The maximum Gasteiger partial charge on any atom is 0.121 e. The van der Waals surface area contributed by atoms with Gasteiger partial charge in [0.25, 0.3) is 0 Å². The van der Waals surface area contributed by atoms with Gasteiger partial charge in [0.05, 0.1) is 0 Å². The van der Waals surface area contributed by atoms with Crippen LogP contribution in [-0.2, 0) is 18.8 Å². The highest BCUT2D eigenvalue weighted by Crippen LogP contribution is 2.45. The number of hydrogen-bond donors (Lipinski definition) is 2. The molecule has 0 bridgehead atoms. The van der Waals surface area contributed by atoms with Crippen LogP contribution in [0.2, 0.25) is 0 Å². The lowest BCUT2D eigenvalue weighted by molar-refractivity contribution is 0.0392. The highest BCUT2D eigenvalue weighted by Gasteiger charge is 2.41. The van der Waals surface area contributed by atoms with E-state index in [9.17, 15) is 10.2 Å². The maximum atomic E-state index is 12.8. The first kappa shape index (κ1) is 32.8. The Kier molecular flexibility index (Phi) is 11.5. The molecule has 5 rings (SSSR count). The van der Waals surface area contributed by atoms with Crippen LogP contribution in [0, 0.1) is 0 Å². The molecule has 46 heavy (non-hydrogen) atoms. The van der Waals surface area contributed by atoms with Gasteiger partial charge in [0, 0.05) is 19.1 Å². The average Bonchev–Trinajstić information content (AvgIpc) is 3.10. The van der Waals surface area contributed by atoms with Gasteiger partial charge in [0.15, 0.2) is 0 Å². The van der Waals surface area contributed by atoms with Crippen LogP contribution in [0.4, 0.5) is 0 Å². The summed E-state index contributed by atoms with van der Waals surface area (Å²) < 4.78 is 18.0. The van der Waals surface area contributed by atoms with E-state index in [2.05, 4.69) is 4.90 Å². The topological polar surface area (TPSA) is 71.4 Å². The molecule has 0 aliphatic heterocycles. The molecule has 0 aliphatic rings. The first-order valence-corrected chi connectivity index (χ1v) is 15.7. The van der Waals surface area contributed by atoms with Crippen molar-refractivity contribution in [3.8, 4) is 17.2 Å². The molecule has 0 amide bonds. The fourth-order valence-electron chi connectivity index (χ4n) is 5.55. The van der Waals surface area contributed by atoms with E-state index in [-0.39, 0.29) is 6.61 Å². The van der Waals surface area contributed by atoms with Gasteiger partial charge in [0.1, 0.15) is 42.7 Å². The van der Waals surface area contributed by atoms with Crippen molar-refractivity contribution < 1.29 is 24.4 Å². The lowest BCUT2D eigenvalue weighted by Gasteiger charge is -2.38. The molecular formula is C40H43NO5. The Hall–Kier alpha value is -4.62. The molecule has 6 nitrogen and oxygen atoms in total. The summed E-state index contributed by atoms with van der Waals surface area (Å²) in [5, 5.41) is 23.1. The monoisotopic (exact) mass is 617 g/mol. The number of likely N-dealkylation sites (N-methyl/N-ethyl adjacent to an activating group) is 1. The van der Waals surface area contributed by atoms with Crippen molar-refractivity contribution in [2.24, 2.45) is 0 Å². The number of benzene rings is 5. The van der Waals surface area contributed by atoms with Crippen molar-refractivity contribution in [2.45, 2.75) is 31.2 Å². The fourth-order valence-corrected chi connectivity index (χ4v) is 5.55. The fraction of sp³-hybridized carbons (Fsp3) is 0.250. The van der Waals surface area contributed by atoms with E-state index >= 15 is 0 Å². The third kappa shape index (κ3) is 8.55. The zero-order chi connectivity index (χ0) is 32.2. The summed E-state index contributed by atoms with van der Waals surface area (Å²) in [5.74, 6) is 1.71. The minimum atomic E-state index is -1.46. The van der Waals surface area contributed by atoms with Crippen molar-refractivity contribution in [3.63, 3.8) is 0 Å². The first-order valence-electron chi connectivity index (χ1n) is 15.7. The van der Waals surface area contributed by atoms with E-state index in [1.807, 2.05) is 148 Å². The first-order chi connectivity index (χ1) is 22.5. The summed E-state index contributed by atoms with van der Waals surface area (Å²) in [6.07, 6.45) is 0.341. The summed E-state index contributed by atoms with van der Waals surface area (Å²) in [6, 6.07) is 43.0. The van der Waals surface area contributed by atoms with Crippen molar-refractivity contribution in [2.75, 3.05) is 33.9 Å². The van der Waals surface area contributed by atoms with Crippen LogP contribution in [-0.4, -0.2) is 49.0 Å². The number of hydrogen-bond acceptors (Lipinski definition) is 6. The van der Waals surface area contributed by atoms with Crippen LogP contribution < -0.4 is 14.2 Å². The number of ether oxygens (including phenoxy) is 3. The van der Waals surface area contributed by atoms with Crippen LogP contribution in [0.3, 0.4) is 0 Å². The lowest BCUT2D eigenvalue weighted by Crippen LogP contribution is -2.35. The molecular weight excluding hydrogens is 574 g/mol. The quantitative estimate of drug-likeness (QED) is 0.122. The summed E-state index contributed by atoms with van der Waals surface area (Å²) in [4.78, 5) is 2.07. The standard InChI is InChI=1S/C40H43NO5/c1-41(2)26-28-44-36-21-15-34(16-22-36)40(43,35-17-23-38(24-18-35)46-30-32-11-7-4-8-12-32)39(25-27-42)33-13-19-37(20-14-33)45-29-31-9-5-3-6-10-31/h3-24,39,42-43H,25-30H2,1-2H3. The predicted molar refractivity (Wildman–Crippen MR) is 182 cm³/mol. The van der Waals surface area contributed by atoms with Crippen LogP contribution >= 0.6 is 0 Å². The Labute approximate surface area is 272 Å². The van der Waals surface area contributed by atoms with E-state index < -0.39 is 11.5 Å². The highest BCUT2D eigenvalue weighted by molar-refractivity contribution is 5.46. The summed E-state index contributed by atoms with van der Waals surface area (Å²) >= 11 is 0. The van der Waals surface area contributed by atoms with Crippen LogP contribution in [0.1, 0.15) is 40.2 Å². The Bertz CT molecular complexity index is 1590. The van der Waals surface area contributed by atoms with E-state index in [1.54, 1.807) is 0 Å². The lowest BCUT2D eigenvalue weighted by atomic mass is 9.71. The third-order valence-electron chi connectivity index (χ3n) is 8.10. The molecule has 0 fully saturated rings. The van der Waals surface area contributed by atoms with Gasteiger partial charge in [-0.1, -0.05) is 97.1 Å². The van der Waals surface area contributed by atoms with Crippen molar-refractivity contribution >= 4 is 0 Å². The van der Waals surface area contributed by atoms with E-state index in [0.717, 1.165) is 34.7 Å². The van der Waals surface area contributed by atoms with Crippen LogP contribution in [0.5, 0.6) is 17.2 Å². The van der Waals surface area contributed by atoms with Gasteiger partial charge in [-0.25, -0.2) is 0 Å². The molecule has 0 aromatic heterocycles. The molecule has 0 aliphatic carbocycles. The van der Waals surface area contributed by atoms with Crippen molar-refractivity contribution in [1.29, 1.82) is 0 Å². The average molecular weight is 618 g/mol. The molecule has 0 saturated carbocycles. The second-order valence-corrected chi connectivity index (χ2v) is 11.6. The smallest absolute Gasteiger partial charge is 0.121 e. The van der Waals surface area contributed by atoms with E-state index in [4.69, 9.17) is 14.2 Å². The molecule has 0 heterocycles. The van der Waals surface area contributed by atoms with E-state index in [1.165, 1.54) is 0 Å². The van der Waals surface area contributed by atoms with Gasteiger partial charge < -0.3 is 29.3 Å². The second-order valence-electron chi connectivity index (χ2n) is 11.6. The molecule has 2 atom stereocenters. The van der Waals surface area contributed by atoms with Gasteiger partial charge in [-0.2, -0.15) is 0 Å². The minimum absolute atomic E-state index is 0.0940. The van der Waals surface area contributed by atoms with Crippen LogP contribution in [0.25, 0.3) is 0 Å². The number of rotatable bonds is 16.